The van der Waals surface area contributed by atoms with Crippen LogP contribution in [0.2, 0.25) is 0 Å². The van der Waals surface area contributed by atoms with Gasteiger partial charge in [0.1, 0.15) is 0 Å². The first-order valence-corrected chi connectivity index (χ1v) is 10.2. The average Bonchev–Trinajstić information content (AvgIpc) is 3.37. The predicted molar refractivity (Wildman–Crippen MR) is 104 cm³/mol. The lowest BCUT2D eigenvalue weighted by atomic mass is 9.95. The number of thioether (sulfide) groups is 1. The Labute approximate surface area is 162 Å². The van der Waals surface area contributed by atoms with Gasteiger partial charge in [-0.05, 0) is 42.7 Å². The minimum atomic E-state index is -0.410. The molecule has 0 atom stereocenters. The first-order chi connectivity index (χ1) is 13.2. The fraction of sp³-hybridized carbons (Fsp3) is 0.350. The number of rotatable bonds is 6. The lowest BCUT2D eigenvalue weighted by Crippen LogP contribution is -2.15. The van der Waals surface area contributed by atoms with Crippen molar-refractivity contribution in [3.63, 3.8) is 0 Å². The number of benzene rings is 1. The second-order valence-electron chi connectivity index (χ2n) is 6.80. The lowest BCUT2D eigenvalue weighted by Gasteiger charge is -2.25. The second kappa shape index (κ2) is 8.00. The summed E-state index contributed by atoms with van der Waals surface area (Å²) in [6.45, 7) is 0. The smallest absolute Gasteiger partial charge is 0.248 e. The van der Waals surface area contributed by atoms with E-state index in [1.54, 1.807) is 24.1 Å². The number of hydrogen-bond acceptors (Lipinski definition) is 5. The molecule has 2 heterocycles. The number of primary amides is 1. The van der Waals surface area contributed by atoms with Gasteiger partial charge in [0.2, 0.25) is 11.7 Å². The fourth-order valence-corrected chi connectivity index (χ4v) is 4.53. The third-order valence-electron chi connectivity index (χ3n) is 4.93. The van der Waals surface area contributed by atoms with Crippen molar-refractivity contribution in [1.29, 1.82) is 0 Å². The third-order valence-corrected chi connectivity index (χ3v) is 5.94. The van der Waals surface area contributed by atoms with Crippen LogP contribution < -0.4 is 5.73 Å². The Bertz CT molecular complexity index is 914. The first kappa shape index (κ1) is 17.9. The number of carbonyl (C=O) groups is 1. The van der Waals surface area contributed by atoms with E-state index in [0.29, 0.717) is 17.4 Å². The van der Waals surface area contributed by atoms with Crippen LogP contribution in [0.4, 0.5) is 0 Å². The van der Waals surface area contributed by atoms with Gasteiger partial charge in [0.05, 0.1) is 6.26 Å². The van der Waals surface area contributed by atoms with Crippen molar-refractivity contribution in [2.75, 3.05) is 0 Å². The predicted octanol–water partition coefficient (Wildman–Crippen LogP) is 4.43. The maximum atomic E-state index is 11.4. The first-order valence-electron chi connectivity index (χ1n) is 9.22. The van der Waals surface area contributed by atoms with E-state index < -0.39 is 5.91 Å². The van der Waals surface area contributed by atoms with Gasteiger partial charge in [-0.2, -0.15) is 0 Å². The van der Waals surface area contributed by atoms with E-state index in [1.807, 2.05) is 30.3 Å². The maximum Gasteiger partial charge on any atom is 0.248 e. The zero-order valence-corrected chi connectivity index (χ0v) is 15.8. The topological polar surface area (TPSA) is 86.9 Å². The molecule has 7 heteroatoms. The van der Waals surface area contributed by atoms with E-state index >= 15 is 0 Å². The van der Waals surface area contributed by atoms with Gasteiger partial charge in [-0.25, -0.2) is 0 Å². The standard InChI is InChI=1S/C20H22N4O2S/c21-18(25)15-7-4-6-14(12-15)13-27-20-23-22-19(17-10-5-11-26-17)24(20)16-8-2-1-3-9-16/h4-7,10-12,16H,1-3,8-9,13H2,(H2,21,25). The molecular weight excluding hydrogens is 360 g/mol. The molecule has 1 aromatic carbocycles. The molecule has 0 aliphatic heterocycles. The van der Waals surface area contributed by atoms with Gasteiger partial charge < -0.3 is 10.2 Å². The minimum Gasteiger partial charge on any atom is -0.461 e. The molecule has 1 fully saturated rings. The van der Waals surface area contributed by atoms with Crippen LogP contribution in [0.5, 0.6) is 0 Å². The van der Waals surface area contributed by atoms with Gasteiger partial charge in [0.15, 0.2) is 10.9 Å². The normalized spacial score (nSPS) is 15.1. The van der Waals surface area contributed by atoms with Crippen LogP contribution in [0.3, 0.4) is 0 Å². The number of hydrogen-bond donors (Lipinski definition) is 1. The molecule has 0 bridgehead atoms. The van der Waals surface area contributed by atoms with Crippen molar-refractivity contribution in [1.82, 2.24) is 14.8 Å². The summed E-state index contributed by atoms with van der Waals surface area (Å²) >= 11 is 1.63. The molecule has 4 rings (SSSR count). The summed E-state index contributed by atoms with van der Waals surface area (Å²) in [4.78, 5) is 11.4. The van der Waals surface area contributed by atoms with Gasteiger partial charge in [-0.15, -0.1) is 10.2 Å². The van der Waals surface area contributed by atoms with Crippen LogP contribution in [-0.4, -0.2) is 20.7 Å². The Hall–Kier alpha value is -2.54. The number of carbonyl (C=O) groups excluding carboxylic acids is 1. The molecule has 1 aliphatic carbocycles. The summed E-state index contributed by atoms with van der Waals surface area (Å²) in [6, 6.07) is 11.6. The van der Waals surface area contributed by atoms with Crippen molar-refractivity contribution in [3.05, 3.63) is 53.8 Å². The summed E-state index contributed by atoms with van der Waals surface area (Å²) in [5, 5.41) is 9.75. The van der Waals surface area contributed by atoms with Crippen LogP contribution in [-0.2, 0) is 5.75 Å². The molecule has 3 aromatic rings. The van der Waals surface area contributed by atoms with E-state index in [0.717, 1.165) is 35.1 Å². The van der Waals surface area contributed by atoms with Gasteiger partial charge in [-0.1, -0.05) is 43.2 Å². The van der Waals surface area contributed by atoms with Gasteiger partial charge in [0, 0.05) is 17.4 Å². The van der Waals surface area contributed by atoms with Crippen LogP contribution in [0.1, 0.15) is 54.1 Å². The summed E-state index contributed by atoms with van der Waals surface area (Å²) < 4.78 is 7.82. The highest BCUT2D eigenvalue weighted by Gasteiger charge is 2.25. The summed E-state index contributed by atoms with van der Waals surface area (Å²) in [5.41, 5.74) is 6.95. The number of aromatic nitrogens is 3. The molecule has 6 nitrogen and oxygen atoms in total. The molecule has 0 saturated heterocycles. The number of furan rings is 1. The quantitative estimate of drug-likeness (QED) is 0.637. The zero-order valence-electron chi connectivity index (χ0n) is 15.0. The van der Waals surface area contributed by atoms with Crippen LogP contribution in [0.15, 0.2) is 52.2 Å². The van der Waals surface area contributed by atoms with Crippen molar-refractivity contribution in [3.8, 4) is 11.6 Å². The van der Waals surface area contributed by atoms with Gasteiger partial charge in [0.25, 0.3) is 0 Å². The highest BCUT2D eigenvalue weighted by atomic mass is 32.2. The molecule has 2 N–H and O–H groups in total. The van der Waals surface area contributed by atoms with Crippen LogP contribution in [0.25, 0.3) is 11.6 Å². The lowest BCUT2D eigenvalue weighted by molar-refractivity contribution is 0.1000. The highest BCUT2D eigenvalue weighted by molar-refractivity contribution is 7.98. The Morgan fingerprint density at radius 2 is 2.04 bits per heavy atom. The Balaban J connectivity index is 1.60. The molecule has 27 heavy (non-hydrogen) atoms. The maximum absolute atomic E-state index is 11.4. The van der Waals surface area contributed by atoms with Crippen molar-refractivity contribution >= 4 is 17.7 Å². The van der Waals surface area contributed by atoms with Crippen LogP contribution in [0, 0.1) is 0 Å². The Kier molecular flexibility index (Phi) is 5.29. The molecule has 2 aromatic heterocycles. The number of nitrogens with zero attached hydrogens (tertiary/aromatic N) is 3. The van der Waals surface area contributed by atoms with E-state index in [4.69, 9.17) is 10.2 Å². The highest BCUT2D eigenvalue weighted by Crippen LogP contribution is 2.36. The summed E-state index contributed by atoms with van der Waals surface area (Å²) in [5.74, 6) is 1.83. The van der Waals surface area contributed by atoms with Gasteiger partial charge >= 0.3 is 0 Å². The monoisotopic (exact) mass is 382 g/mol. The van der Waals surface area contributed by atoms with Crippen molar-refractivity contribution in [2.45, 2.75) is 49.1 Å². The number of amides is 1. The molecule has 1 aliphatic rings. The molecule has 0 spiro atoms. The van der Waals surface area contributed by atoms with E-state index in [2.05, 4.69) is 14.8 Å². The van der Waals surface area contributed by atoms with E-state index in [1.165, 1.54) is 19.3 Å². The third kappa shape index (κ3) is 3.93. The molecule has 0 unspecified atom stereocenters. The fourth-order valence-electron chi connectivity index (χ4n) is 3.58. The summed E-state index contributed by atoms with van der Waals surface area (Å²) in [6.07, 6.45) is 7.68. The van der Waals surface area contributed by atoms with E-state index in [9.17, 15) is 4.79 Å². The van der Waals surface area contributed by atoms with Gasteiger partial charge in [-0.3, -0.25) is 9.36 Å². The largest absolute Gasteiger partial charge is 0.461 e. The van der Waals surface area contributed by atoms with Crippen molar-refractivity contribution < 1.29 is 9.21 Å². The molecule has 1 saturated carbocycles. The average molecular weight is 382 g/mol. The second-order valence-corrected chi connectivity index (χ2v) is 7.74. The zero-order chi connectivity index (χ0) is 18.6. The Morgan fingerprint density at radius 3 is 2.78 bits per heavy atom. The molecule has 140 valence electrons. The van der Waals surface area contributed by atoms with Crippen molar-refractivity contribution in [2.24, 2.45) is 5.73 Å². The Morgan fingerprint density at radius 1 is 1.19 bits per heavy atom. The summed E-state index contributed by atoms with van der Waals surface area (Å²) in [7, 11) is 0. The number of nitrogens with two attached hydrogens (primary N) is 1. The molecular formula is C20H22N4O2S. The molecule has 1 amide bonds. The van der Waals surface area contributed by atoms with E-state index in [-0.39, 0.29) is 0 Å². The van der Waals surface area contributed by atoms with Crippen LogP contribution >= 0.6 is 11.8 Å². The molecule has 0 radical (unpaired) electrons. The SMILES string of the molecule is NC(=O)c1cccc(CSc2nnc(-c3ccco3)n2C2CCCCC2)c1. The minimum absolute atomic E-state index is 0.397.